The number of hydrogen-bond donors (Lipinski definition) is 0. The number of likely N-dealkylation sites (tertiary alicyclic amines) is 1. The molecule has 3 nitrogen and oxygen atoms in total. The first-order valence-electron chi connectivity index (χ1n) is 7.85. The number of aryl methyl sites for hydroxylation is 1. The second-order valence-corrected chi connectivity index (χ2v) is 7.43. The molecule has 1 fully saturated rings. The van der Waals surface area contributed by atoms with E-state index in [2.05, 4.69) is 19.1 Å². The molecule has 2 rings (SSSR count). The first-order valence-corrected chi connectivity index (χ1v) is 8.25. The van der Waals surface area contributed by atoms with Crippen molar-refractivity contribution in [2.45, 2.75) is 58.6 Å². The second kappa shape index (κ2) is 6.78. The van der Waals surface area contributed by atoms with Crippen molar-refractivity contribution in [3.8, 4) is 0 Å². The van der Waals surface area contributed by atoms with Crippen LogP contribution in [0.3, 0.4) is 0 Å². The zero-order valence-electron chi connectivity index (χ0n) is 13.9. The highest BCUT2D eigenvalue weighted by atomic mass is 32.1. The molecule has 0 radical (unpaired) electrons. The molecule has 0 aromatic heterocycles. The molecule has 0 unspecified atom stereocenters. The third-order valence-corrected chi connectivity index (χ3v) is 4.29. The Labute approximate surface area is 138 Å². The standard InChI is InChI=1S/C18H25NO2S/c1-13-8-5-6-9-14(13)12-16(22)15-10-7-11-19(15)17(20)21-18(2,3)4/h5-6,8-9,15H,7,10-12H2,1-4H3/t15-/m0/s1. The van der Waals surface area contributed by atoms with E-state index >= 15 is 0 Å². The summed E-state index contributed by atoms with van der Waals surface area (Å²) in [6.45, 7) is 8.50. The lowest BCUT2D eigenvalue weighted by Crippen LogP contribution is -2.43. The van der Waals surface area contributed by atoms with Gasteiger partial charge in [0.1, 0.15) is 5.60 Å². The molecule has 0 saturated carbocycles. The van der Waals surface area contributed by atoms with Crippen LogP contribution < -0.4 is 0 Å². The Hall–Kier alpha value is -1.42. The lowest BCUT2D eigenvalue weighted by atomic mass is 10.00. The van der Waals surface area contributed by atoms with E-state index in [1.807, 2.05) is 32.9 Å². The highest BCUT2D eigenvalue weighted by Gasteiger charge is 2.34. The van der Waals surface area contributed by atoms with Crippen molar-refractivity contribution in [2.24, 2.45) is 0 Å². The predicted molar refractivity (Wildman–Crippen MR) is 93.4 cm³/mol. The minimum absolute atomic E-state index is 0.0180. The average Bonchev–Trinajstić information content (AvgIpc) is 2.89. The van der Waals surface area contributed by atoms with E-state index in [0.29, 0.717) is 0 Å². The van der Waals surface area contributed by atoms with Gasteiger partial charge in [0.25, 0.3) is 0 Å². The van der Waals surface area contributed by atoms with Gasteiger partial charge in [-0.3, -0.25) is 0 Å². The van der Waals surface area contributed by atoms with Crippen LogP contribution in [0.25, 0.3) is 0 Å². The molecule has 1 aromatic carbocycles. The minimum atomic E-state index is -0.470. The van der Waals surface area contributed by atoms with Crippen molar-refractivity contribution in [1.82, 2.24) is 4.90 Å². The SMILES string of the molecule is Cc1ccccc1CC(=S)[C@@H]1CCCN1C(=O)OC(C)(C)C. The molecule has 0 spiro atoms. The van der Waals surface area contributed by atoms with Gasteiger partial charge in [0.15, 0.2) is 0 Å². The molecular weight excluding hydrogens is 294 g/mol. The number of nitrogens with zero attached hydrogens (tertiary/aromatic N) is 1. The molecule has 1 heterocycles. The Morgan fingerprint density at radius 2 is 2.05 bits per heavy atom. The summed E-state index contributed by atoms with van der Waals surface area (Å²) in [7, 11) is 0. The molecule has 1 saturated heterocycles. The molecule has 4 heteroatoms. The molecule has 1 amide bonds. The normalized spacial score (nSPS) is 18.4. The highest BCUT2D eigenvalue weighted by molar-refractivity contribution is 7.80. The number of ether oxygens (including phenoxy) is 1. The smallest absolute Gasteiger partial charge is 0.410 e. The highest BCUT2D eigenvalue weighted by Crippen LogP contribution is 2.24. The van der Waals surface area contributed by atoms with E-state index in [1.54, 1.807) is 4.90 Å². The van der Waals surface area contributed by atoms with E-state index in [0.717, 1.165) is 30.7 Å². The van der Waals surface area contributed by atoms with Crippen LogP contribution in [-0.4, -0.2) is 34.0 Å². The molecule has 1 aliphatic heterocycles. The van der Waals surface area contributed by atoms with Crippen molar-refractivity contribution in [3.63, 3.8) is 0 Å². The topological polar surface area (TPSA) is 29.5 Å². The number of amides is 1. The van der Waals surface area contributed by atoms with Crippen molar-refractivity contribution in [2.75, 3.05) is 6.54 Å². The number of carbonyl (C=O) groups excluding carboxylic acids is 1. The van der Waals surface area contributed by atoms with Gasteiger partial charge in [-0.25, -0.2) is 4.79 Å². The predicted octanol–water partition coefficient (Wildman–Crippen LogP) is 4.31. The summed E-state index contributed by atoms with van der Waals surface area (Å²) in [5.74, 6) is 0. The van der Waals surface area contributed by atoms with Crippen LogP contribution >= 0.6 is 12.2 Å². The Morgan fingerprint density at radius 3 is 2.68 bits per heavy atom. The molecule has 22 heavy (non-hydrogen) atoms. The summed E-state index contributed by atoms with van der Waals surface area (Å²) in [4.78, 5) is 15.1. The largest absolute Gasteiger partial charge is 0.444 e. The third-order valence-electron chi connectivity index (χ3n) is 3.88. The van der Waals surface area contributed by atoms with Gasteiger partial charge in [-0.15, -0.1) is 0 Å². The first-order chi connectivity index (χ1) is 10.3. The fraction of sp³-hybridized carbons (Fsp3) is 0.556. The Bertz CT molecular complexity index is 562. The average molecular weight is 319 g/mol. The zero-order valence-corrected chi connectivity index (χ0v) is 14.7. The van der Waals surface area contributed by atoms with E-state index in [1.165, 1.54) is 11.1 Å². The van der Waals surface area contributed by atoms with E-state index in [4.69, 9.17) is 17.0 Å². The van der Waals surface area contributed by atoms with Gasteiger partial charge in [-0.1, -0.05) is 36.5 Å². The number of benzene rings is 1. The van der Waals surface area contributed by atoms with Gasteiger partial charge in [0, 0.05) is 17.8 Å². The van der Waals surface area contributed by atoms with Crippen LogP contribution in [0, 0.1) is 6.92 Å². The third kappa shape index (κ3) is 4.29. The molecule has 1 aromatic rings. The summed E-state index contributed by atoms with van der Waals surface area (Å²) >= 11 is 5.64. The van der Waals surface area contributed by atoms with Gasteiger partial charge >= 0.3 is 6.09 Å². The van der Waals surface area contributed by atoms with Gasteiger partial charge < -0.3 is 9.64 Å². The van der Waals surface area contributed by atoms with Crippen molar-refractivity contribution >= 4 is 23.2 Å². The fourth-order valence-electron chi connectivity index (χ4n) is 2.75. The van der Waals surface area contributed by atoms with Gasteiger partial charge in [-0.05, 0) is 51.7 Å². The maximum Gasteiger partial charge on any atom is 0.410 e. The maximum atomic E-state index is 12.3. The molecule has 0 bridgehead atoms. The van der Waals surface area contributed by atoms with Crippen LogP contribution in [0.15, 0.2) is 24.3 Å². The summed E-state index contributed by atoms with van der Waals surface area (Å²) in [6.07, 6.45) is 2.41. The Morgan fingerprint density at radius 1 is 1.36 bits per heavy atom. The number of thiocarbonyl (C=S) groups is 1. The lowest BCUT2D eigenvalue weighted by molar-refractivity contribution is 0.0266. The van der Waals surface area contributed by atoms with Crippen LogP contribution in [0.4, 0.5) is 4.79 Å². The van der Waals surface area contributed by atoms with Gasteiger partial charge in [-0.2, -0.15) is 0 Å². The summed E-state index contributed by atoms with van der Waals surface area (Å²) in [5.41, 5.74) is 2.01. The molecular formula is C18H25NO2S. The molecule has 0 N–H and O–H groups in total. The van der Waals surface area contributed by atoms with Crippen molar-refractivity contribution < 1.29 is 9.53 Å². The fourth-order valence-corrected chi connectivity index (χ4v) is 3.16. The minimum Gasteiger partial charge on any atom is -0.444 e. The zero-order chi connectivity index (χ0) is 16.3. The summed E-state index contributed by atoms with van der Waals surface area (Å²) in [5, 5.41) is 0. The van der Waals surface area contributed by atoms with Crippen molar-refractivity contribution in [3.05, 3.63) is 35.4 Å². The molecule has 1 atom stereocenters. The first kappa shape index (κ1) is 16.9. The van der Waals surface area contributed by atoms with E-state index in [-0.39, 0.29) is 12.1 Å². The quantitative estimate of drug-likeness (QED) is 0.778. The maximum absolute atomic E-state index is 12.3. The lowest BCUT2D eigenvalue weighted by Gasteiger charge is -2.29. The number of hydrogen-bond acceptors (Lipinski definition) is 3. The van der Waals surface area contributed by atoms with Crippen LogP contribution in [-0.2, 0) is 11.2 Å². The van der Waals surface area contributed by atoms with Crippen molar-refractivity contribution in [1.29, 1.82) is 0 Å². The second-order valence-electron chi connectivity index (χ2n) is 6.90. The van der Waals surface area contributed by atoms with Gasteiger partial charge in [0.2, 0.25) is 0 Å². The van der Waals surface area contributed by atoms with E-state index in [9.17, 15) is 4.79 Å². The molecule has 120 valence electrons. The van der Waals surface area contributed by atoms with Crippen LogP contribution in [0.2, 0.25) is 0 Å². The number of rotatable bonds is 3. The van der Waals surface area contributed by atoms with Crippen LogP contribution in [0.1, 0.15) is 44.7 Å². The summed E-state index contributed by atoms with van der Waals surface area (Å²) < 4.78 is 5.50. The molecule has 1 aliphatic rings. The Balaban J connectivity index is 2.05. The Kier molecular flexibility index (Phi) is 5.22. The van der Waals surface area contributed by atoms with Crippen LogP contribution in [0.5, 0.6) is 0 Å². The van der Waals surface area contributed by atoms with E-state index < -0.39 is 5.60 Å². The number of carbonyl (C=O) groups is 1. The monoisotopic (exact) mass is 319 g/mol. The van der Waals surface area contributed by atoms with Gasteiger partial charge in [0.05, 0.1) is 6.04 Å². The molecule has 0 aliphatic carbocycles. The summed E-state index contributed by atoms with van der Waals surface area (Å²) in [6, 6.07) is 8.28.